The molecule has 3 rings (SSSR count). The third kappa shape index (κ3) is 4.48. The SMILES string of the molecule is CCc1ccc(CCC2CCC(c3ccc(OC)c(F)c3)CC2)c(F)c1F. The first kappa shape index (κ1) is 19.8. The van der Waals surface area contributed by atoms with Crippen molar-refractivity contribution in [3.05, 3.63) is 64.5 Å². The van der Waals surface area contributed by atoms with Crippen molar-refractivity contribution < 1.29 is 17.9 Å². The van der Waals surface area contributed by atoms with Gasteiger partial charge in [0.15, 0.2) is 23.2 Å². The molecule has 27 heavy (non-hydrogen) atoms. The lowest BCUT2D eigenvalue weighted by molar-refractivity contribution is 0.308. The maximum absolute atomic E-state index is 14.2. The molecule has 4 heteroatoms. The summed E-state index contributed by atoms with van der Waals surface area (Å²) < 4.78 is 47.0. The van der Waals surface area contributed by atoms with Gasteiger partial charge in [0.25, 0.3) is 0 Å². The average Bonchev–Trinajstić information content (AvgIpc) is 2.69. The highest BCUT2D eigenvalue weighted by Gasteiger charge is 2.23. The fourth-order valence-corrected chi connectivity index (χ4v) is 4.18. The number of methoxy groups -OCH3 is 1. The Bertz CT molecular complexity index is 779. The van der Waals surface area contributed by atoms with Crippen molar-refractivity contribution in [2.24, 2.45) is 5.92 Å². The smallest absolute Gasteiger partial charge is 0.165 e. The molecule has 0 spiro atoms. The van der Waals surface area contributed by atoms with Crippen molar-refractivity contribution in [1.29, 1.82) is 0 Å². The molecule has 0 heterocycles. The van der Waals surface area contributed by atoms with Gasteiger partial charge >= 0.3 is 0 Å². The topological polar surface area (TPSA) is 9.23 Å². The van der Waals surface area contributed by atoms with Gasteiger partial charge < -0.3 is 4.74 Å². The van der Waals surface area contributed by atoms with E-state index in [9.17, 15) is 13.2 Å². The van der Waals surface area contributed by atoms with E-state index in [1.165, 1.54) is 7.11 Å². The van der Waals surface area contributed by atoms with Crippen LogP contribution in [-0.4, -0.2) is 7.11 Å². The zero-order chi connectivity index (χ0) is 19.4. The van der Waals surface area contributed by atoms with Crippen LogP contribution in [0.3, 0.4) is 0 Å². The van der Waals surface area contributed by atoms with Crippen LogP contribution in [0.4, 0.5) is 13.2 Å². The summed E-state index contributed by atoms with van der Waals surface area (Å²) in [5, 5.41) is 0. The Morgan fingerprint density at radius 3 is 2.22 bits per heavy atom. The van der Waals surface area contributed by atoms with E-state index in [0.29, 0.717) is 35.8 Å². The highest BCUT2D eigenvalue weighted by Crippen LogP contribution is 2.38. The predicted molar refractivity (Wildman–Crippen MR) is 102 cm³/mol. The maximum Gasteiger partial charge on any atom is 0.165 e. The van der Waals surface area contributed by atoms with Crippen molar-refractivity contribution >= 4 is 0 Å². The Morgan fingerprint density at radius 1 is 0.926 bits per heavy atom. The lowest BCUT2D eigenvalue weighted by Gasteiger charge is -2.29. The predicted octanol–water partition coefficient (Wildman–Crippen LogP) is 6.58. The van der Waals surface area contributed by atoms with Gasteiger partial charge in [-0.2, -0.15) is 0 Å². The molecule has 0 atom stereocenters. The fraction of sp³-hybridized carbons (Fsp3) is 0.478. The molecule has 1 saturated carbocycles. The Kier molecular flexibility index (Phi) is 6.46. The molecule has 146 valence electrons. The van der Waals surface area contributed by atoms with Crippen LogP contribution in [0.2, 0.25) is 0 Å². The molecule has 1 fully saturated rings. The number of rotatable bonds is 6. The average molecular weight is 376 g/mol. The second kappa shape index (κ2) is 8.81. The maximum atomic E-state index is 14.2. The summed E-state index contributed by atoms with van der Waals surface area (Å²) in [7, 11) is 1.47. The van der Waals surface area contributed by atoms with Gasteiger partial charge in [-0.1, -0.05) is 25.1 Å². The third-order valence-corrected chi connectivity index (χ3v) is 5.94. The van der Waals surface area contributed by atoms with Crippen molar-refractivity contribution in [2.45, 2.75) is 57.8 Å². The first-order chi connectivity index (χ1) is 13.0. The first-order valence-corrected chi connectivity index (χ1v) is 9.82. The fourth-order valence-electron chi connectivity index (χ4n) is 4.18. The van der Waals surface area contributed by atoms with E-state index in [2.05, 4.69) is 0 Å². The molecule has 0 radical (unpaired) electrons. The summed E-state index contributed by atoms with van der Waals surface area (Å²) in [5.74, 6) is -0.546. The summed E-state index contributed by atoms with van der Waals surface area (Å²) in [5.41, 5.74) is 1.93. The van der Waals surface area contributed by atoms with Gasteiger partial charge in [-0.15, -0.1) is 0 Å². The monoisotopic (exact) mass is 376 g/mol. The van der Waals surface area contributed by atoms with E-state index in [1.807, 2.05) is 13.0 Å². The van der Waals surface area contributed by atoms with Gasteiger partial charge in [-0.3, -0.25) is 0 Å². The van der Waals surface area contributed by atoms with Crippen LogP contribution in [0, 0.1) is 23.4 Å². The van der Waals surface area contributed by atoms with Crippen LogP contribution in [0.5, 0.6) is 5.75 Å². The van der Waals surface area contributed by atoms with E-state index in [0.717, 1.165) is 37.7 Å². The number of hydrogen-bond acceptors (Lipinski definition) is 1. The second-order valence-electron chi connectivity index (χ2n) is 7.52. The summed E-state index contributed by atoms with van der Waals surface area (Å²) in [4.78, 5) is 0. The lowest BCUT2D eigenvalue weighted by atomic mass is 9.77. The van der Waals surface area contributed by atoms with Crippen LogP contribution in [0.1, 0.15) is 61.6 Å². The number of ether oxygens (including phenoxy) is 1. The van der Waals surface area contributed by atoms with Crippen LogP contribution < -0.4 is 4.74 Å². The van der Waals surface area contributed by atoms with Gasteiger partial charge in [-0.25, -0.2) is 13.2 Å². The zero-order valence-corrected chi connectivity index (χ0v) is 16.0. The molecule has 0 saturated heterocycles. The van der Waals surface area contributed by atoms with Crippen LogP contribution in [-0.2, 0) is 12.8 Å². The van der Waals surface area contributed by atoms with Gasteiger partial charge in [0.05, 0.1) is 7.11 Å². The zero-order valence-electron chi connectivity index (χ0n) is 16.0. The van der Waals surface area contributed by atoms with Gasteiger partial charge in [0.2, 0.25) is 0 Å². The minimum Gasteiger partial charge on any atom is -0.494 e. The summed E-state index contributed by atoms with van der Waals surface area (Å²) in [6.07, 6.45) is 6.01. The number of benzene rings is 2. The van der Waals surface area contributed by atoms with Crippen LogP contribution in [0.15, 0.2) is 30.3 Å². The van der Waals surface area contributed by atoms with E-state index in [1.54, 1.807) is 24.3 Å². The molecule has 1 aliphatic rings. The molecule has 0 aromatic heterocycles. The van der Waals surface area contributed by atoms with Crippen molar-refractivity contribution in [3.8, 4) is 5.75 Å². The molecule has 1 aliphatic carbocycles. The van der Waals surface area contributed by atoms with Crippen LogP contribution >= 0.6 is 0 Å². The largest absolute Gasteiger partial charge is 0.494 e. The van der Waals surface area contributed by atoms with Gasteiger partial charge in [-0.05, 0) is 85.6 Å². The van der Waals surface area contributed by atoms with Crippen molar-refractivity contribution in [3.63, 3.8) is 0 Å². The molecular weight excluding hydrogens is 349 g/mol. The molecule has 0 bridgehead atoms. The highest BCUT2D eigenvalue weighted by atomic mass is 19.2. The Hall–Kier alpha value is -1.97. The Morgan fingerprint density at radius 2 is 1.59 bits per heavy atom. The quantitative estimate of drug-likeness (QED) is 0.553. The minimum atomic E-state index is -0.694. The Labute approximate surface area is 159 Å². The molecule has 2 aromatic carbocycles. The highest BCUT2D eigenvalue weighted by molar-refractivity contribution is 5.31. The van der Waals surface area contributed by atoms with E-state index < -0.39 is 11.6 Å². The second-order valence-corrected chi connectivity index (χ2v) is 7.52. The molecule has 0 unspecified atom stereocenters. The molecule has 0 amide bonds. The Balaban J connectivity index is 1.54. The van der Waals surface area contributed by atoms with E-state index in [-0.39, 0.29) is 11.6 Å². The number of aryl methyl sites for hydroxylation is 2. The lowest BCUT2D eigenvalue weighted by Crippen LogP contribution is -2.14. The molecule has 1 nitrogen and oxygen atoms in total. The molecular formula is C23H27F3O. The summed E-state index contributed by atoms with van der Waals surface area (Å²) >= 11 is 0. The van der Waals surface area contributed by atoms with E-state index >= 15 is 0 Å². The summed E-state index contributed by atoms with van der Waals surface area (Å²) in [6, 6.07) is 8.64. The van der Waals surface area contributed by atoms with Crippen molar-refractivity contribution in [2.75, 3.05) is 7.11 Å². The standard InChI is InChI=1S/C23H27F3O/c1-3-16-10-11-18(23(26)22(16)25)9-6-15-4-7-17(8-5-15)19-12-13-21(27-2)20(24)14-19/h10-15,17H,3-9H2,1-2H3. The van der Waals surface area contributed by atoms with Crippen molar-refractivity contribution in [1.82, 2.24) is 0 Å². The number of hydrogen-bond donors (Lipinski definition) is 0. The minimum absolute atomic E-state index is 0.274. The molecule has 2 aromatic rings. The van der Waals surface area contributed by atoms with E-state index in [4.69, 9.17) is 4.74 Å². The molecule has 0 aliphatic heterocycles. The molecule has 0 N–H and O–H groups in total. The number of halogens is 3. The van der Waals surface area contributed by atoms with Crippen LogP contribution in [0.25, 0.3) is 0 Å². The summed E-state index contributed by atoms with van der Waals surface area (Å²) in [6.45, 7) is 1.82. The van der Waals surface area contributed by atoms with Gasteiger partial charge in [0, 0.05) is 0 Å². The normalized spacial score (nSPS) is 19.9. The van der Waals surface area contributed by atoms with Gasteiger partial charge in [0.1, 0.15) is 0 Å². The third-order valence-electron chi connectivity index (χ3n) is 5.94. The first-order valence-electron chi connectivity index (χ1n) is 9.82.